The standard InChI is InChI=1S/C17H31NOS/c1-5-13-18-15(11-12-17(2,3)19-4)8-6-9-16-10-7-14-20-16/h7,10,14-15,18H,5-6,8-9,11-13H2,1-4H3. The van der Waals surface area contributed by atoms with Crippen LogP contribution in [0, 0.1) is 0 Å². The van der Waals surface area contributed by atoms with Crippen molar-refractivity contribution >= 4 is 11.3 Å². The van der Waals surface area contributed by atoms with E-state index in [1.807, 2.05) is 18.4 Å². The highest BCUT2D eigenvalue weighted by molar-refractivity contribution is 7.09. The summed E-state index contributed by atoms with van der Waals surface area (Å²) in [5.41, 5.74) is -0.000102. The molecule has 116 valence electrons. The van der Waals surface area contributed by atoms with Gasteiger partial charge in [0.1, 0.15) is 0 Å². The van der Waals surface area contributed by atoms with E-state index in [1.165, 1.54) is 37.0 Å². The van der Waals surface area contributed by atoms with Crippen molar-refractivity contribution in [3.05, 3.63) is 22.4 Å². The smallest absolute Gasteiger partial charge is 0.0623 e. The summed E-state index contributed by atoms with van der Waals surface area (Å²) in [4.78, 5) is 1.51. The average Bonchev–Trinajstić information content (AvgIpc) is 2.94. The van der Waals surface area contributed by atoms with Crippen LogP contribution in [0.1, 0.15) is 57.8 Å². The number of aryl methyl sites for hydroxylation is 1. The summed E-state index contributed by atoms with van der Waals surface area (Å²) in [5, 5.41) is 5.86. The summed E-state index contributed by atoms with van der Waals surface area (Å²) >= 11 is 1.87. The first-order chi connectivity index (χ1) is 9.57. The van der Waals surface area contributed by atoms with Gasteiger partial charge in [-0.3, -0.25) is 0 Å². The van der Waals surface area contributed by atoms with Gasteiger partial charge < -0.3 is 10.1 Å². The van der Waals surface area contributed by atoms with Crippen LogP contribution in [0.2, 0.25) is 0 Å². The highest BCUT2D eigenvalue weighted by Gasteiger charge is 2.18. The molecule has 1 aromatic heterocycles. The minimum atomic E-state index is -0.000102. The number of nitrogens with one attached hydrogen (secondary N) is 1. The van der Waals surface area contributed by atoms with Gasteiger partial charge in [0.25, 0.3) is 0 Å². The SMILES string of the molecule is CCCNC(CCCc1cccs1)CCC(C)(C)OC. The van der Waals surface area contributed by atoms with Gasteiger partial charge in [-0.05, 0) is 70.4 Å². The first-order valence-electron chi connectivity index (χ1n) is 7.88. The van der Waals surface area contributed by atoms with Crippen LogP contribution in [-0.2, 0) is 11.2 Å². The van der Waals surface area contributed by atoms with Crippen LogP contribution >= 0.6 is 11.3 Å². The van der Waals surface area contributed by atoms with Gasteiger partial charge in [0, 0.05) is 18.0 Å². The molecule has 1 N–H and O–H groups in total. The van der Waals surface area contributed by atoms with Crippen molar-refractivity contribution in [3.63, 3.8) is 0 Å². The van der Waals surface area contributed by atoms with E-state index in [4.69, 9.17) is 4.74 Å². The lowest BCUT2D eigenvalue weighted by atomic mass is 9.96. The molecular formula is C17H31NOS. The second-order valence-corrected chi connectivity index (χ2v) is 7.16. The fourth-order valence-corrected chi connectivity index (χ4v) is 3.05. The summed E-state index contributed by atoms with van der Waals surface area (Å²) in [7, 11) is 1.81. The number of ether oxygens (including phenoxy) is 1. The molecule has 1 rings (SSSR count). The number of hydrogen-bond donors (Lipinski definition) is 1. The first-order valence-corrected chi connectivity index (χ1v) is 8.76. The fourth-order valence-electron chi connectivity index (χ4n) is 2.30. The summed E-state index contributed by atoms with van der Waals surface area (Å²) in [6, 6.07) is 5.02. The zero-order valence-corrected chi connectivity index (χ0v) is 14.4. The van der Waals surface area contributed by atoms with Crippen molar-refractivity contribution in [2.45, 2.75) is 70.9 Å². The zero-order valence-electron chi connectivity index (χ0n) is 13.6. The second kappa shape index (κ2) is 9.54. The summed E-state index contributed by atoms with van der Waals surface area (Å²) in [6.07, 6.45) is 7.27. The highest BCUT2D eigenvalue weighted by Crippen LogP contribution is 2.19. The Bertz CT molecular complexity index is 335. The monoisotopic (exact) mass is 297 g/mol. The number of rotatable bonds is 11. The zero-order chi connectivity index (χ0) is 14.8. The maximum absolute atomic E-state index is 5.53. The van der Waals surface area contributed by atoms with Gasteiger partial charge in [-0.1, -0.05) is 13.0 Å². The molecule has 0 aliphatic carbocycles. The van der Waals surface area contributed by atoms with E-state index in [0.717, 1.165) is 13.0 Å². The van der Waals surface area contributed by atoms with Crippen LogP contribution in [-0.4, -0.2) is 25.3 Å². The van der Waals surface area contributed by atoms with Crippen LogP contribution in [0.4, 0.5) is 0 Å². The molecule has 0 aliphatic heterocycles. The van der Waals surface area contributed by atoms with Gasteiger partial charge in [-0.25, -0.2) is 0 Å². The molecule has 1 heterocycles. The van der Waals surface area contributed by atoms with Gasteiger partial charge >= 0.3 is 0 Å². The molecule has 0 saturated carbocycles. The van der Waals surface area contributed by atoms with E-state index in [2.05, 4.69) is 43.6 Å². The molecule has 0 amide bonds. The van der Waals surface area contributed by atoms with E-state index in [-0.39, 0.29) is 5.60 Å². The number of thiophene rings is 1. The molecule has 0 bridgehead atoms. The quantitative estimate of drug-likeness (QED) is 0.642. The minimum absolute atomic E-state index is 0.000102. The molecule has 0 aromatic carbocycles. The molecule has 0 fully saturated rings. The van der Waals surface area contributed by atoms with Crippen molar-refractivity contribution in [1.82, 2.24) is 5.32 Å². The first kappa shape index (κ1) is 17.7. The van der Waals surface area contributed by atoms with Crippen LogP contribution in [0.25, 0.3) is 0 Å². The van der Waals surface area contributed by atoms with Crippen LogP contribution < -0.4 is 5.32 Å². The Balaban J connectivity index is 2.31. The van der Waals surface area contributed by atoms with Crippen molar-refractivity contribution in [2.75, 3.05) is 13.7 Å². The maximum Gasteiger partial charge on any atom is 0.0623 e. The molecule has 3 heteroatoms. The van der Waals surface area contributed by atoms with Crippen LogP contribution in [0.3, 0.4) is 0 Å². The van der Waals surface area contributed by atoms with Gasteiger partial charge in [0.2, 0.25) is 0 Å². The second-order valence-electron chi connectivity index (χ2n) is 6.13. The van der Waals surface area contributed by atoms with Crippen molar-refractivity contribution < 1.29 is 4.74 Å². The lowest BCUT2D eigenvalue weighted by molar-refractivity contribution is 0.0115. The molecular weight excluding hydrogens is 266 g/mol. The molecule has 0 spiro atoms. The van der Waals surface area contributed by atoms with Gasteiger partial charge in [-0.2, -0.15) is 0 Å². The van der Waals surface area contributed by atoms with E-state index in [0.29, 0.717) is 6.04 Å². The van der Waals surface area contributed by atoms with Crippen molar-refractivity contribution in [1.29, 1.82) is 0 Å². The Kier molecular flexibility index (Phi) is 8.43. The summed E-state index contributed by atoms with van der Waals surface area (Å²) < 4.78 is 5.53. The molecule has 0 saturated heterocycles. The third kappa shape index (κ3) is 7.41. The molecule has 1 unspecified atom stereocenters. The molecule has 1 atom stereocenters. The van der Waals surface area contributed by atoms with Gasteiger partial charge in [0.05, 0.1) is 5.60 Å². The average molecular weight is 298 g/mol. The lowest BCUT2D eigenvalue weighted by Gasteiger charge is -2.26. The third-order valence-corrected chi connectivity index (χ3v) is 4.82. The van der Waals surface area contributed by atoms with Crippen molar-refractivity contribution in [2.24, 2.45) is 0 Å². The predicted molar refractivity (Wildman–Crippen MR) is 89.7 cm³/mol. The Morgan fingerprint density at radius 1 is 1.35 bits per heavy atom. The Labute approximate surface area is 128 Å². The Morgan fingerprint density at radius 2 is 2.15 bits per heavy atom. The predicted octanol–water partition coefficient (Wildman–Crippen LogP) is 4.64. The third-order valence-electron chi connectivity index (χ3n) is 3.89. The van der Waals surface area contributed by atoms with E-state index in [1.54, 1.807) is 0 Å². The van der Waals surface area contributed by atoms with E-state index in [9.17, 15) is 0 Å². The van der Waals surface area contributed by atoms with Crippen LogP contribution in [0.15, 0.2) is 17.5 Å². The molecule has 2 nitrogen and oxygen atoms in total. The van der Waals surface area contributed by atoms with Crippen LogP contribution in [0.5, 0.6) is 0 Å². The Hall–Kier alpha value is -0.380. The van der Waals surface area contributed by atoms with Gasteiger partial charge in [-0.15, -0.1) is 11.3 Å². The van der Waals surface area contributed by atoms with Crippen molar-refractivity contribution in [3.8, 4) is 0 Å². The topological polar surface area (TPSA) is 21.3 Å². The largest absolute Gasteiger partial charge is 0.379 e. The molecule has 0 radical (unpaired) electrons. The highest BCUT2D eigenvalue weighted by atomic mass is 32.1. The number of methoxy groups -OCH3 is 1. The van der Waals surface area contributed by atoms with Gasteiger partial charge in [0.15, 0.2) is 0 Å². The van der Waals surface area contributed by atoms with E-state index >= 15 is 0 Å². The maximum atomic E-state index is 5.53. The Morgan fingerprint density at radius 3 is 2.75 bits per heavy atom. The molecule has 1 aromatic rings. The molecule has 20 heavy (non-hydrogen) atoms. The minimum Gasteiger partial charge on any atom is -0.379 e. The van der Waals surface area contributed by atoms with E-state index < -0.39 is 0 Å². The lowest BCUT2D eigenvalue weighted by Crippen LogP contribution is -2.33. The summed E-state index contributed by atoms with van der Waals surface area (Å²) in [6.45, 7) is 7.71. The molecule has 0 aliphatic rings. The fraction of sp³-hybridized carbons (Fsp3) is 0.765. The normalized spacial score (nSPS) is 13.6. The number of hydrogen-bond acceptors (Lipinski definition) is 3. The summed E-state index contributed by atoms with van der Waals surface area (Å²) in [5.74, 6) is 0.